The fourth-order valence-electron chi connectivity index (χ4n) is 0.625. The lowest BCUT2D eigenvalue weighted by Gasteiger charge is -2.13. The average Bonchev–Trinajstić information content (AvgIpc) is 1.85. The summed E-state index contributed by atoms with van der Waals surface area (Å²) in [5, 5.41) is 13.0. The van der Waals surface area contributed by atoms with Gasteiger partial charge in [0.05, 0.1) is 6.07 Å². The van der Waals surface area contributed by atoms with Gasteiger partial charge in [-0.05, 0) is 6.42 Å². The molecular weight excluding hydrogens is 166 g/mol. The third-order valence-electron chi connectivity index (χ3n) is 1.08. The van der Waals surface area contributed by atoms with E-state index in [2.05, 4.69) is 0 Å². The Kier molecular flexibility index (Phi) is 4.03. The highest BCUT2D eigenvalue weighted by Gasteiger charge is 2.14. The lowest BCUT2D eigenvalue weighted by molar-refractivity contribution is 0.445. The lowest BCUT2D eigenvalue weighted by atomic mass is 10.5. The summed E-state index contributed by atoms with van der Waals surface area (Å²) in [5.41, 5.74) is 0. The molecule has 0 aromatic carbocycles. The minimum absolute atomic E-state index is 0.174. The molecule has 0 aliphatic rings. The Labute approximate surface area is 66.6 Å². The van der Waals surface area contributed by atoms with Crippen molar-refractivity contribution in [1.82, 2.24) is 4.31 Å². The highest BCUT2D eigenvalue weighted by Crippen LogP contribution is 1.94. The molecule has 5 nitrogen and oxygen atoms in total. The zero-order valence-corrected chi connectivity index (χ0v) is 7.13. The molecule has 0 bridgehead atoms. The van der Waals surface area contributed by atoms with Crippen LogP contribution in [0.1, 0.15) is 13.3 Å². The first-order chi connectivity index (χ1) is 5.02. The van der Waals surface area contributed by atoms with Gasteiger partial charge >= 0.3 is 0 Å². The summed E-state index contributed by atoms with van der Waals surface area (Å²) >= 11 is 0. The molecule has 64 valence electrons. The second kappa shape index (κ2) is 4.28. The maximum Gasteiger partial charge on any atom is 0.277 e. The fourth-order valence-corrected chi connectivity index (χ4v) is 1.30. The molecule has 6 heteroatoms. The van der Waals surface area contributed by atoms with Crippen molar-refractivity contribution in [2.45, 2.75) is 13.3 Å². The summed E-state index contributed by atoms with van der Waals surface area (Å²) in [6, 6.07) is 1.73. The lowest BCUT2D eigenvalue weighted by Crippen LogP contribution is -2.37. The van der Waals surface area contributed by atoms with Crippen molar-refractivity contribution in [1.29, 1.82) is 5.26 Å². The topological polar surface area (TPSA) is 87.2 Å². The van der Waals surface area contributed by atoms with Gasteiger partial charge in [0.1, 0.15) is 6.54 Å². The maximum absolute atomic E-state index is 10.7. The van der Waals surface area contributed by atoms with Crippen molar-refractivity contribution < 1.29 is 8.42 Å². The first-order valence-electron chi connectivity index (χ1n) is 3.17. The number of nitriles is 1. The van der Waals surface area contributed by atoms with Crippen molar-refractivity contribution in [3.05, 3.63) is 0 Å². The molecule has 0 aliphatic carbocycles. The zero-order valence-electron chi connectivity index (χ0n) is 6.32. The zero-order chi connectivity index (χ0) is 8.91. The molecule has 0 aliphatic heterocycles. The summed E-state index contributed by atoms with van der Waals surface area (Å²) in [6.45, 7) is 1.94. The van der Waals surface area contributed by atoms with Gasteiger partial charge in [0.15, 0.2) is 0 Å². The molecule has 11 heavy (non-hydrogen) atoms. The Morgan fingerprint density at radius 3 is 2.45 bits per heavy atom. The number of hydrogen-bond donors (Lipinski definition) is 1. The van der Waals surface area contributed by atoms with E-state index < -0.39 is 10.2 Å². The Balaban J connectivity index is 4.25. The van der Waals surface area contributed by atoms with Crippen LogP contribution in [0.4, 0.5) is 0 Å². The number of nitrogens with two attached hydrogens (primary N) is 1. The largest absolute Gasteiger partial charge is 0.277 e. The quantitative estimate of drug-likeness (QED) is 0.583. The monoisotopic (exact) mass is 177 g/mol. The normalized spacial score (nSPS) is 11.5. The van der Waals surface area contributed by atoms with Crippen molar-refractivity contribution in [3.8, 4) is 6.07 Å². The summed E-state index contributed by atoms with van der Waals surface area (Å²) in [5.74, 6) is 0. The molecule has 0 aromatic rings. The minimum Gasteiger partial charge on any atom is -0.216 e. The van der Waals surface area contributed by atoms with E-state index in [4.69, 9.17) is 10.4 Å². The van der Waals surface area contributed by atoms with Crippen molar-refractivity contribution in [3.63, 3.8) is 0 Å². The van der Waals surface area contributed by atoms with E-state index in [0.717, 1.165) is 4.31 Å². The van der Waals surface area contributed by atoms with Crippen molar-refractivity contribution in [2.75, 3.05) is 13.1 Å². The molecule has 0 rings (SSSR count). The number of nitrogens with zero attached hydrogens (tertiary/aromatic N) is 2. The van der Waals surface area contributed by atoms with Gasteiger partial charge in [0, 0.05) is 6.54 Å². The molecule has 2 N–H and O–H groups in total. The average molecular weight is 177 g/mol. The first-order valence-corrected chi connectivity index (χ1v) is 4.67. The highest BCUT2D eigenvalue weighted by molar-refractivity contribution is 7.86. The third-order valence-corrected chi connectivity index (χ3v) is 2.11. The Hall–Kier alpha value is -0.640. The molecular formula is C5H11N3O2S. The Morgan fingerprint density at radius 1 is 1.64 bits per heavy atom. The second-order valence-electron chi connectivity index (χ2n) is 2.04. The van der Waals surface area contributed by atoms with Crippen LogP contribution < -0.4 is 5.14 Å². The van der Waals surface area contributed by atoms with Gasteiger partial charge in [-0.15, -0.1) is 0 Å². The number of hydrogen-bond acceptors (Lipinski definition) is 3. The predicted octanol–water partition coefficient (Wildman–Crippen LogP) is -0.575. The van der Waals surface area contributed by atoms with Crippen molar-refractivity contribution in [2.24, 2.45) is 5.14 Å². The van der Waals surface area contributed by atoms with Crippen LogP contribution in [0.25, 0.3) is 0 Å². The van der Waals surface area contributed by atoms with Gasteiger partial charge in [0.2, 0.25) is 0 Å². The van der Waals surface area contributed by atoms with Crippen LogP contribution in [-0.2, 0) is 10.2 Å². The van der Waals surface area contributed by atoms with Crippen LogP contribution in [0.15, 0.2) is 0 Å². The van der Waals surface area contributed by atoms with Crippen molar-refractivity contribution >= 4 is 10.2 Å². The van der Waals surface area contributed by atoms with Gasteiger partial charge in [0.25, 0.3) is 10.2 Å². The van der Waals surface area contributed by atoms with E-state index >= 15 is 0 Å². The van der Waals surface area contributed by atoms with E-state index in [1.165, 1.54) is 0 Å². The molecule has 0 radical (unpaired) electrons. The van der Waals surface area contributed by atoms with Crippen LogP contribution in [0.2, 0.25) is 0 Å². The summed E-state index contributed by atoms with van der Waals surface area (Å²) in [7, 11) is -3.68. The van der Waals surface area contributed by atoms with Crippen LogP contribution >= 0.6 is 0 Å². The summed E-state index contributed by atoms with van der Waals surface area (Å²) in [4.78, 5) is 0. The molecule has 0 saturated heterocycles. The van der Waals surface area contributed by atoms with Crippen LogP contribution in [-0.4, -0.2) is 25.8 Å². The highest BCUT2D eigenvalue weighted by atomic mass is 32.2. The van der Waals surface area contributed by atoms with Gasteiger partial charge in [-0.25, -0.2) is 5.14 Å². The van der Waals surface area contributed by atoms with E-state index in [0.29, 0.717) is 13.0 Å². The van der Waals surface area contributed by atoms with Gasteiger partial charge in [-0.1, -0.05) is 6.92 Å². The molecule has 0 atom stereocenters. The number of rotatable bonds is 4. The van der Waals surface area contributed by atoms with Gasteiger partial charge in [-0.3, -0.25) is 0 Å². The smallest absolute Gasteiger partial charge is 0.216 e. The molecule has 0 heterocycles. The van der Waals surface area contributed by atoms with Crippen LogP contribution in [0, 0.1) is 11.3 Å². The maximum atomic E-state index is 10.7. The fraction of sp³-hybridized carbons (Fsp3) is 0.800. The second-order valence-corrected chi connectivity index (χ2v) is 3.58. The van der Waals surface area contributed by atoms with E-state index in [9.17, 15) is 8.42 Å². The molecule has 0 fully saturated rings. The Morgan fingerprint density at radius 2 is 2.18 bits per heavy atom. The van der Waals surface area contributed by atoms with E-state index in [-0.39, 0.29) is 6.54 Å². The van der Waals surface area contributed by atoms with E-state index in [1.54, 1.807) is 6.07 Å². The minimum atomic E-state index is -3.68. The molecule has 0 amide bonds. The summed E-state index contributed by atoms with van der Waals surface area (Å²) in [6.07, 6.45) is 0.651. The van der Waals surface area contributed by atoms with E-state index in [1.807, 2.05) is 6.92 Å². The molecule has 0 saturated carbocycles. The predicted molar refractivity (Wildman–Crippen MR) is 40.6 cm³/mol. The SMILES string of the molecule is CCCN(CC#N)S(N)(=O)=O. The standard InChI is InChI=1S/C5H11N3O2S/c1-2-4-8(5-3-6)11(7,9)10/h2,4-5H2,1H3,(H2,7,9,10). The molecule has 0 aromatic heterocycles. The third kappa shape index (κ3) is 3.93. The van der Waals surface area contributed by atoms with Crippen LogP contribution in [0.3, 0.4) is 0 Å². The van der Waals surface area contributed by atoms with Crippen LogP contribution in [0.5, 0.6) is 0 Å². The Bertz CT molecular complexity index is 241. The van der Waals surface area contributed by atoms with Gasteiger partial charge < -0.3 is 0 Å². The summed E-state index contributed by atoms with van der Waals surface area (Å²) < 4.78 is 22.3. The van der Waals surface area contributed by atoms with Gasteiger partial charge in [-0.2, -0.15) is 18.0 Å². The first kappa shape index (κ1) is 10.4. The molecule has 0 unspecified atom stereocenters. The molecule has 0 spiro atoms.